The predicted molar refractivity (Wildman–Crippen MR) is 73.7 cm³/mol. The molecule has 2 aromatic rings. The summed E-state index contributed by atoms with van der Waals surface area (Å²) in [7, 11) is 0. The third kappa shape index (κ3) is 2.88. The summed E-state index contributed by atoms with van der Waals surface area (Å²) in [5.74, 6) is -0.967. The summed E-state index contributed by atoms with van der Waals surface area (Å²) < 4.78 is 13.3. The summed E-state index contributed by atoms with van der Waals surface area (Å²) in [5, 5.41) is 0. The zero-order valence-electron chi connectivity index (χ0n) is 10.8. The van der Waals surface area contributed by atoms with E-state index in [0.29, 0.717) is 5.56 Å². The number of halogens is 1. The minimum absolute atomic E-state index is 0.134. The molecule has 0 spiro atoms. The number of benzene rings is 2. The van der Waals surface area contributed by atoms with Crippen molar-refractivity contribution < 1.29 is 9.18 Å². The smallest absolute Gasteiger partial charge is 0.171 e. The summed E-state index contributed by atoms with van der Waals surface area (Å²) in [6.45, 7) is 2.00. The largest absolute Gasteiger partial charge is 0.329 e. The second-order valence-corrected chi connectivity index (χ2v) is 4.52. The number of carbonyl (C=O) groups excluding carboxylic acids is 1. The van der Waals surface area contributed by atoms with Gasteiger partial charge in [0.25, 0.3) is 0 Å². The summed E-state index contributed by atoms with van der Waals surface area (Å²) in [6.07, 6.45) is 0. The Kier molecular flexibility index (Phi) is 4.07. The standard InChI is InChI=1S/C16H16FNO/c1-11-7-8-13(17)9-14(11)16(19)15(10-18)12-5-3-2-4-6-12/h2-9,15H,10,18H2,1H3. The van der Waals surface area contributed by atoms with Gasteiger partial charge in [-0.2, -0.15) is 0 Å². The molecule has 2 N–H and O–H groups in total. The number of ketones is 1. The van der Waals surface area contributed by atoms with Gasteiger partial charge in [-0.25, -0.2) is 4.39 Å². The van der Waals surface area contributed by atoms with Crippen molar-refractivity contribution in [3.8, 4) is 0 Å². The third-order valence-corrected chi connectivity index (χ3v) is 3.22. The maximum absolute atomic E-state index is 13.3. The van der Waals surface area contributed by atoms with E-state index in [2.05, 4.69) is 0 Å². The number of rotatable bonds is 4. The van der Waals surface area contributed by atoms with Gasteiger partial charge in [0.2, 0.25) is 0 Å². The Morgan fingerprint density at radius 2 is 1.89 bits per heavy atom. The van der Waals surface area contributed by atoms with Crippen LogP contribution in [0.5, 0.6) is 0 Å². The topological polar surface area (TPSA) is 43.1 Å². The maximum atomic E-state index is 13.3. The molecule has 98 valence electrons. The van der Waals surface area contributed by atoms with Gasteiger partial charge in [0, 0.05) is 12.1 Å². The van der Waals surface area contributed by atoms with Crippen LogP contribution in [0.4, 0.5) is 4.39 Å². The van der Waals surface area contributed by atoms with Crippen LogP contribution in [-0.2, 0) is 0 Å². The van der Waals surface area contributed by atoms with E-state index in [1.807, 2.05) is 30.3 Å². The van der Waals surface area contributed by atoms with E-state index in [9.17, 15) is 9.18 Å². The average Bonchev–Trinajstić information content (AvgIpc) is 2.43. The van der Waals surface area contributed by atoms with Crippen molar-refractivity contribution in [3.63, 3.8) is 0 Å². The van der Waals surface area contributed by atoms with Crippen molar-refractivity contribution in [2.24, 2.45) is 5.73 Å². The molecule has 0 aliphatic heterocycles. The van der Waals surface area contributed by atoms with E-state index in [-0.39, 0.29) is 12.3 Å². The number of carbonyl (C=O) groups is 1. The SMILES string of the molecule is Cc1ccc(F)cc1C(=O)C(CN)c1ccccc1. The van der Waals surface area contributed by atoms with Crippen LogP contribution in [0.15, 0.2) is 48.5 Å². The highest BCUT2D eigenvalue weighted by molar-refractivity contribution is 6.02. The van der Waals surface area contributed by atoms with Crippen molar-refractivity contribution in [1.82, 2.24) is 0 Å². The molecular weight excluding hydrogens is 241 g/mol. The Labute approximate surface area is 112 Å². The normalized spacial score (nSPS) is 12.2. The number of nitrogens with two attached hydrogens (primary N) is 1. The molecule has 0 saturated heterocycles. The minimum atomic E-state index is -0.429. The number of hydrogen-bond donors (Lipinski definition) is 1. The first-order chi connectivity index (χ1) is 9.13. The predicted octanol–water partition coefficient (Wildman–Crippen LogP) is 3.06. The van der Waals surface area contributed by atoms with Crippen LogP contribution in [0.2, 0.25) is 0 Å². The van der Waals surface area contributed by atoms with Crippen LogP contribution >= 0.6 is 0 Å². The highest BCUT2D eigenvalue weighted by Crippen LogP contribution is 2.22. The molecule has 1 unspecified atom stereocenters. The molecule has 0 aromatic heterocycles. The summed E-state index contributed by atoms with van der Waals surface area (Å²) >= 11 is 0. The van der Waals surface area contributed by atoms with Gasteiger partial charge < -0.3 is 5.73 Å². The van der Waals surface area contributed by atoms with E-state index in [1.165, 1.54) is 12.1 Å². The van der Waals surface area contributed by atoms with Crippen molar-refractivity contribution >= 4 is 5.78 Å². The molecule has 2 rings (SSSR count). The van der Waals surface area contributed by atoms with E-state index in [4.69, 9.17) is 5.73 Å². The summed E-state index contributed by atoms with van der Waals surface area (Å²) in [5.41, 5.74) is 7.74. The number of Topliss-reactive ketones (excluding diaryl/α,β-unsaturated/α-hetero) is 1. The van der Waals surface area contributed by atoms with Crippen LogP contribution in [0.3, 0.4) is 0 Å². The summed E-state index contributed by atoms with van der Waals surface area (Å²) in [6, 6.07) is 13.6. The molecule has 0 heterocycles. The lowest BCUT2D eigenvalue weighted by Gasteiger charge is -2.15. The maximum Gasteiger partial charge on any atom is 0.171 e. The van der Waals surface area contributed by atoms with Gasteiger partial charge >= 0.3 is 0 Å². The lowest BCUT2D eigenvalue weighted by Crippen LogP contribution is -2.22. The van der Waals surface area contributed by atoms with Gasteiger partial charge in [-0.3, -0.25) is 4.79 Å². The quantitative estimate of drug-likeness (QED) is 0.855. The molecule has 0 amide bonds. The van der Waals surface area contributed by atoms with Crippen LogP contribution in [0, 0.1) is 12.7 Å². The highest BCUT2D eigenvalue weighted by atomic mass is 19.1. The molecule has 0 saturated carbocycles. The Bertz CT molecular complexity index is 581. The molecular formula is C16H16FNO. The van der Waals surface area contributed by atoms with Crippen LogP contribution in [-0.4, -0.2) is 12.3 Å². The average molecular weight is 257 g/mol. The Morgan fingerprint density at radius 3 is 2.53 bits per heavy atom. The van der Waals surface area contributed by atoms with Gasteiger partial charge in [0.15, 0.2) is 5.78 Å². The molecule has 2 aromatic carbocycles. The first-order valence-electron chi connectivity index (χ1n) is 6.19. The van der Waals surface area contributed by atoms with Crippen molar-refractivity contribution in [2.75, 3.05) is 6.54 Å². The fraction of sp³-hybridized carbons (Fsp3) is 0.188. The molecule has 0 aliphatic rings. The first kappa shape index (κ1) is 13.4. The van der Waals surface area contributed by atoms with Gasteiger partial charge in [0.05, 0.1) is 5.92 Å². The molecule has 19 heavy (non-hydrogen) atoms. The van der Waals surface area contributed by atoms with Crippen molar-refractivity contribution in [3.05, 3.63) is 71.0 Å². The Hall–Kier alpha value is -2.00. The third-order valence-electron chi connectivity index (χ3n) is 3.22. The first-order valence-corrected chi connectivity index (χ1v) is 6.19. The fourth-order valence-electron chi connectivity index (χ4n) is 2.13. The molecule has 0 aliphatic carbocycles. The molecule has 0 fully saturated rings. The number of aryl methyl sites for hydroxylation is 1. The zero-order valence-corrected chi connectivity index (χ0v) is 10.8. The van der Waals surface area contributed by atoms with Gasteiger partial charge in [0.1, 0.15) is 5.82 Å². The molecule has 0 bridgehead atoms. The second-order valence-electron chi connectivity index (χ2n) is 4.52. The van der Waals surface area contributed by atoms with E-state index in [0.717, 1.165) is 11.1 Å². The molecule has 0 radical (unpaired) electrons. The highest BCUT2D eigenvalue weighted by Gasteiger charge is 2.22. The van der Waals surface area contributed by atoms with E-state index < -0.39 is 11.7 Å². The van der Waals surface area contributed by atoms with E-state index in [1.54, 1.807) is 13.0 Å². The monoisotopic (exact) mass is 257 g/mol. The Balaban J connectivity index is 2.39. The van der Waals surface area contributed by atoms with Gasteiger partial charge in [-0.05, 0) is 30.2 Å². The molecule has 2 nitrogen and oxygen atoms in total. The Morgan fingerprint density at radius 1 is 1.21 bits per heavy atom. The van der Waals surface area contributed by atoms with Crippen LogP contribution in [0.25, 0.3) is 0 Å². The molecule has 1 atom stereocenters. The van der Waals surface area contributed by atoms with Crippen LogP contribution in [0.1, 0.15) is 27.4 Å². The lowest BCUT2D eigenvalue weighted by atomic mass is 9.89. The van der Waals surface area contributed by atoms with Crippen LogP contribution < -0.4 is 5.73 Å². The lowest BCUT2D eigenvalue weighted by molar-refractivity contribution is 0.0961. The molecule has 3 heteroatoms. The number of hydrogen-bond acceptors (Lipinski definition) is 2. The second kappa shape index (κ2) is 5.76. The van der Waals surface area contributed by atoms with Crippen molar-refractivity contribution in [1.29, 1.82) is 0 Å². The van der Waals surface area contributed by atoms with Crippen molar-refractivity contribution in [2.45, 2.75) is 12.8 Å². The van der Waals surface area contributed by atoms with Gasteiger partial charge in [-0.1, -0.05) is 36.4 Å². The van der Waals surface area contributed by atoms with E-state index >= 15 is 0 Å². The summed E-state index contributed by atoms with van der Waals surface area (Å²) in [4.78, 5) is 12.5. The van der Waals surface area contributed by atoms with Gasteiger partial charge in [-0.15, -0.1) is 0 Å². The fourth-order valence-corrected chi connectivity index (χ4v) is 2.13. The minimum Gasteiger partial charge on any atom is -0.329 e. The zero-order chi connectivity index (χ0) is 13.8.